The Morgan fingerprint density at radius 1 is 1.18 bits per heavy atom. The Morgan fingerprint density at radius 3 is 2.50 bits per heavy atom. The lowest BCUT2D eigenvalue weighted by Gasteiger charge is -2.15. The van der Waals surface area contributed by atoms with Gasteiger partial charge in [-0.1, -0.05) is 23.7 Å². The number of rotatable bonds is 6. The first-order valence-electron chi connectivity index (χ1n) is 8.44. The Hall–Kier alpha value is -2.51. The quantitative estimate of drug-likeness (QED) is 0.606. The van der Waals surface area contributed by atoms with E-state index < -0.39 is 0 Å². The summed E-state index contributed by atoms with van der Waals surface area (Å²) in [4.78, 5) is 25.1. The van der Waals surface area contributed by atoms with Gasteiger partial charge in [0.25, 0.3) is 11.1 Å². The Bertz CT molecular complexity index is 946. The van der Waals surface area contributed by atoms with E-state index in [2.05, 4.69) is 0 Å². The summed E-state index contributed by atoms with van der Waals surface area (Å²) in [6.45, 7) is 2.40. The van der Waals surface area contributed by atoms with Crippen molar-refractivity contribution in [3.63, 3.8) is 0 Å². The maximum absolute atomic E-state index is 13.0. The summed E-state index contributed by atoms with van der Waals surface area (Å²) in [7, 11) is 1.43. The third-order valence-corrected chi connectivity index (χ3v) is 5.15. The molecule has 0 spiro atoms. The molecule has 1 heterocycles. The van der Waals surface area contributed by atoms with Crippen LogP contribution in [-0.2, 0) is 11.4 Å². The highest BCUT2D eigenvalue weighted by Crippen LogP contribution is 2.39. The molecule has 0 aromatic heterocycles. The number of likely N-dealkylation sites (N-methyl/N-ethyl adjacent to an activating group) is 1. The van der Waals surface area contributed by atoms with E-state index in [1.165, 1.54) is 19.2 Å². The molecule has 0 radical (unpaired) electrons. The number of carbonyl (C=O) groups excluding carboxylic acids is 2. The average molecular weight is 422 g/mol. The number of amides is 2. The van der Waals surface area contributed by atoms with Crippen LogP contribution >= 0.6 is 23.4 Å². The smallest absolute Gasteiger partial charge is 0.293 e. The summed E-state index contributed by atoms with van der Waals surface area (Å²) < 4.78 is 24.5. The van der Waals surface area contributed by atoms with Gasteiger partial charge in [-0.2, -0.15) is 0 Å². The summed E-state index contributed by atoms with van der Waals surface area (Å²) in [5, 5.41) is -0.0262. The molecule has 1 fully saturated rings. The first-order valence-corrected chi connectivity index (χ1v) is 9.63. The third kappa shape index (κ3) is 4.48. The predicted molar refractivity (Wildman–Crippen MR) is 107 cm³/mol. The molecule has 0 bridgehead atoms. The molecule has 3 rings (SSSR count). The minimum absolute atomic E-state index is 0.189. The van der Waals surface area contributed by atoms with Crippen molar-refractivity contribution in [2.24, 2.45) is 0 Å². The number of nitrogens with zero attached hydrogens (tertiary/aromatic N) is 1. The minimum atomic E-state index is -0.360. The number of halogens is 2. The van der Waals surface area contributed by atoms with E-state index in [-0.39, 0.29) is 23.6 Å². The van der Waals surface area contributed by atoms with Gasteiger partial charge in [0, 0.05) is 7.05 Å². The molecule has 8 heteroatoms. The SMILES string of the molecule is CCOc1cc(/C=C2\SC(=O)N(C)C2=O)cc(Cl)c1OCc1ccc(F)cc1. The number of hydrogen-bond acceptors (Lipinski definition) is 5. The van der Waals surface area contributed by atoms with Crippen LogP contribution in [0.3, 0.4) is 0 Å². The molecule has 0 N–H and O–H groups in total. The van der Waals surface area contributed by atoms with Crippen molar-refractivity contribution in [3.05, 3.63) is 63.3 Å². The molecule has 0 atom stereocenters. The van der Waals surface area contributed by atoms with Crippen LogP contribution in [0.25, 0.3) is 6.08 Å². The van der Waals surface area contributed by atoms with Crippen LogP contribution in [0, 0.1) is 5.82 Å². The fourth-order valence-corrected chi connectivity index (χ4v) is 3.61. The number of benzene rings is 2. The van der Waals surface area contributed by atoms with Crippen molar-refractivity contribution < 1.29 is 23.5 Å². The van der Waals surface area contributed by atoms with E-state index in [0.717, 1.165) is 22.2 Å². The van der Waals surface area contributed by atoms with Gasteiger partial charge in [0.1, 0.15) is 12.4 Å². The van der Waals surface area contributed by atoms with Crippen LogP contribution < -0.4 is 9.47 Å². The van der Waals surface area contributed by atoms with E-state index in [9.17, 15) is 14.0 Å². The van der Waals surface area contributed by atoms with Gasteiger partial charge in [0.05, 0.1) is 16.5 Å². The van der Waals surface area contributed by atoms with E-state index >= 15 is 0 Å². The summed E-state index contributed by atoms with van der Waals surface area (Å²) in [6.07, 6.45) is 1.59. The lowest BCUT2D eigenvalue weighted by atomic mass is 10.1. The van der Waals surface area contributed by atoms with E-state index in [4.69, 9.17) is 21.1 Å². The van der Waals surface area contributed by atoms with E-state index in [1.54, 1.807) is 30.3 Å². The fourth-order valence-electron chi connectivity index (χ4n) is 2.51. The van der Waals surface area contributed by atoms with Crippen molar-refractivity contribution in [2.45, 2.75) is 13.5 Å². The molecule has 2 aromatic rings. The maximum Gasteiger partial charge on any atom is 0.293 e. The van der Waals surface area contributed by atoms with Gasteiger partial charge in [-0.05, 0) is 60.2 Å². The standard InChI is InChI=1S/C20H17ClFNO4S/c1-3-26-16-9-13(10-17-19(24)23(2)20(25)28-17)8-15(21)18(16)27-11-12-4-6-14(22)7-5-12/h4-10H,3,11H2,1-2H3/b17-10-. The number of hydrogen-bond donors (Lipinski definition) is 0. The molecule has 2 aromatic carbocycles. The van der Waals surface area contributed by atoms with Crippen LogP contribution in [-0.4, -0.2) is 29.7 Å². The normalized spacial score (nSPS) is 15.4. The van der Waals surface area contributed by atoms with Crippen molar-refractivity contribution in [1.29, 1.82) is 0 Å². The van der Waals surface area contributed by atoms with Gasteiger partial charge in [0.15, 0.2) is 11.5 Å². The van der Waals surface area contributed by atoms with Crippen LogP contribution in [0.5, 0.6) is 11.5 Å². The zero-order valence-corrected chi connectivity index (χ0v) is 16.8. The third-order valence-electron chi connectivity index (χ3n) is 3.91. The molecule has 0 saturated carbocycles. The average Bonchev–Trinajstić information content (AvgIpc) is 2.89. The van der Waals surface area contributed by atoms with Crippen molar-refractivity contribution >= 4 is 40.6 Å². The Labute approximate surface area is 171 Å². The molecular formula is C20H17ClFNO4S. The van der Waals surface area contributed by atoms with Gasteiger partial charge in [-0.25, -0.2) is 4.39 Å². The summed E-state index contributed by atoms with van der Waals surface area (Å²) in [5.41, 5.74) is 1.39. The molecule has 0 unspecified atom stereocenters. The molecule has 146 valence electrons. The molecule has 1 aliphatic rings. The Kier molecular flexibility index (Phi) is 6.26. The highest BCUT2D eigenvalue weighted by Gasteiger charge is 2.31. The highest BCUT2D eigenvalue weighted by atomic mass is 35.5. The molecule has 28 heavy (non-hydrogen) atoms. The molecule has 5 nitrogen and oxygen atoms in total. The monoisotopic (exact) mass is 421 g/mol. The maximum atomic E-state index is 13.0. The van der Waals surface area contributed by atoms with Crippen LogP contribution in [0.2, 0.25) is 5.02 Å². The van der Waals surface area contributed by atoms with Crippen molar-refractivity contribution in [3.8, 4) is 11.5 Å². The lowest BCUT2D eigenvalue weighted by molar-refractivity contribution is -0.121. The molecular weight excluding hydrogens is 405 g/mol. The minimum Gasteiger partial charge on any atom is -0.490 e. The highest BCUT2D eigenvalue weighted by molar-refractivity contribution is 8.18. The van der Waals surface area contributed by atoms with Gasteiger partial charge in [-0.15, -0.1) is 0 Å². The van der Waals surface area contributed by atoms with Crippen molar-refractivity contribution in [1.82, 2.24) is 4.90 Å². The number of ether oxygens (including phenoxy) is 2. The first kappa shape index (κ1) is 20.2. The van der Waals surface area contributed by atoms with Crippen LogP contribution in [0.15, 0.2) is 41.3 Å². The van der Waals surface area contributed by atoms with E-state index in [0.29, 0.717) is 33.6 Å². The molecule has 1 aliphatic heterocycles. The summed E-state index contributed by atoms with van der Waals surface area (Å²) in [5.74, 6) is 0.0889. The Balaban J connectivity index is 1.86. The van der Waals surface area contributed by atoms with E-state index in [1.807, 2.05) is 6.92 Å². The van der Waals surface area contributed by atoms with Crippen LogP contribution in [0.1, 0.15) is 18.1 Å². The number of thioether (sulfide) groups is 1. The Morgan fingerprint density at radius 2 is 1.89 bits per heavy atom. The second-order valence-corrected chi connectivity index (χ2v) is 7.32. The predicted octanol–water partition coefficient (Wildman–Crippen LogP) is 5.12. The second-order valence-electron chi connectivity index (χ2n) is 5.92. The molecule has 2 amide bonds. The molecule has 0 aliphatic carbocycles. The van der Waals surface area contributed by atoms with Crippen LogP contribution in [0.4, 0.5) is 9.18 Å². The fraction of sp³-hybridized carbons (Fsp3) is 0.200. The van der Waals surface area contributed by atoms with Gasteiger partial charge in [0.2, 0.25) is 0 Å². The number of carbonyl (C=O) groups is 2. The number of imide groups is 1. The molecule has 1 saturated heterocycles. The zero-order chi connectivity index (χ0) is 20.3. The zero-order valence-electron chi connectivity index (χ0n) is 15.2. The topological polar surface area (TPSA) is 55.8 Å². The second kappa shape index (κ2) is 8.67. The van der Waals surface area contributed by atoms with Gasteiger partial charge >= 0.3 is 0 Å². The lowest BCUT2D eigenvalue weighted by Crippen LogP contribution is -2.22. The van der Waals surface area contributed by atoms with Gasteiger partial charge in [-0.3, -0.25) is 14.5 Å². The summed E-state index contributed by atoms with van der Waals surface area (Å²) in [6, 6.07) is 9.28. The summed E-state index contributed by atoms with van der Waals surface area (Å²) >= 11 is 7.24. The van der Waals surface area contributed by atoms with Gasteiger partial charge < -0.3 is 9.47 Å². The van der Waals surface area contributed by atoms with Crippen molar-refractivity contribution in [2.75, 3.05) is 13.7 Å². The first-order chi connectivity index (χ1) is 13.4. The largest absolute Gasteiger partial charge is 0.490 e.